The topological polar surface area (TPSA) is 67.8 Å². The molecule has 0 saturated carbocycles. The van der Waals surface area contributed by atoms with Crippen LogP contribution in [-0.4, -0.2) is 27.4 Å². The lowest BCUT2D eigenvalue weighted by molar-refractivity contribution is 0.0952. The molecule has 5 nitrogen and oxygen atoms in total. The number of aryl methyl sites for hydroxylation is 3. The van der Waals surface area contributed by atoms with Gasteiger partial charge in [-0.05, 0) is 20.3 Å². The number of carbonyl (C=O) groups is 1. The summed E-state index contributed by atoms with van der Waals surface area (Å²) in [5, 5.41) is 6.08. The molecular weight excluding hydrogens is 272 g/mol. The van der Waals surface area contributed by atoms with Gasteiger partial charge in [0.15, 0.2) is 0 Å². The largest absolute Gasteiger partial charge is 0.352 e. The molecule has 2 aromatic heterocycles. The van der Waals surface area contributed by atoms with Gasteiger partial charge in [0.05, 0.1) is 27.7 Å². The fraction of sp³-hybridized carbons (Fsp3) is 0.429. The smallest absolute Gasteiger partial charge is 0.254 e. The van der Waals surface area contributed by atoms with Gasteiger partial charge in [-0.3, -0.25) is 4.79 Å². The average molecular weight is 290 g/mol. The second-order valence-electron chi connectivity index (χ2n) is 4.51. The number of nitrogens with one attached hydrogen (secondary N) is 1. The predicted octanol–water partition coefficient (Wildman–Crippen LogP) is 2.08. The summed E-state index contributed by atoms with van der Waals surface area (Å²) in [5.41, 5.74) is 3.01. The number of hydrogen-bond acceptors (Lipinski definition) is 5. The molecule has 20 heavy (non-hydrogen) atoms. The third-order valence-electron chi connectivity index (χ3n) is 3.02. The van der Waals surface area contributed by atoms with Crippen LogP contribution >= 0.6 is 11.3 Å². The number of aromatic nitrogens is 3. The summed E-state index contributed by atoms with van der Waals surface area (Å²) in [6.07, 6.45) is 3.17. The first-order valence-electron chi connectivity index (χ1n) is 6.61. The van der Waals surface area contributed by atoms with Crippen molar-refractivity contribution in [3.05, 3.63) is 39.4 Å². The SMILES string of the molecule is CCc1nc(CCNC(=O)c2c(C)ncnc2C)cs1. The fourth-order valence-electron chi connectivity index (χ4n) is 1.94. The maximum Gasteiger partial charge on any atom is 0.254 e. The van der Waals surface area contributed by atoms with Crippen LogP contribution in [0.25, 0.3) is 0 Å². The lowest BCUT2D eigenvalue weighted by Crippen LogP contribution is -2.27. The highest BCUT2D eigenvalue weighted by molar-refractivity contribution is 7.09. The zero-order valence-corrected chi connectivity index (χ0v) is 12.8. The standard InChI is InChI=1S/C14H18N4OS/c1-4-12-18-11(7-20-12)5-6-15-14(19)13-9(2)16-8-17-10(13)3/h7-8H,4-6H2,1-3H3,(H,15,19). The van der Waals surface area contributed by atoms with Gasteiger partial charge in [-0.25, -0.2) is 15.0 Å². The molecule has 0 unspecified atom stereocenters. The van der Waals surface area contributed by atoms with Crippen LogP contribution in [0.4, 0.5) is 0 Å². The first-order chi connectivity index (χ1) is 9.61. The first-order valence-corrected chi connectivity index (χ1v) is 7.49. The molecule has 106 valence electrons. The summed E-state index contributed by atoms with van der Waals surface area (Å²) in [6.45, 7) is 6.29. The number of thiazole rings is 1. The highest BCUT2D eigenvalue weighted by Crippen LogP contribution is 2.11. The Morgan fingerprint density at radius 1 is 1.30 bits per heavy atom. The van der Waals surface area contributed by atoms with E-state index in [-0.39, 0.29) is 5.91 Å². The molecule has 2 aromatic rings. The van der Waals surface area contributed by atoms with Crippen molar-refractivity contribution >= 4 is 17.2 Å². The van der Waals surface area contributed by atoms with Crippen molar-refractivity contribution in [2.45, 2.75) is 33.6 Å². The van der Waals surface area contributed by atoms with Gasteiger partial charge in [-0.2, -0.15) is 0 Å². The van der Waals surface area contributed by atoms with Gasteiger partial charge in [0.25, 0.3) is 5.91 Å². The Bertz CT molecular complexity index is 589. The minimum atomic E-state index is -0.119. The third-order valence-corrected chi connectivity index (χ3v) is 4.06. The molecule has 0 aliphatic rings. The maximum atomic E-state index is 12.1. The number of carbonyl (C=O) groups excluding carboxylic acids is 1. The van der Waals surface area contributed by atoms with Crippen molar-refractivity contribution in [2.75, 3.05) is 6.54 Å². The normalized spacial score (nSPS) is 10.6. The van der Waals surface area contributed by atoms with E-state index in [1.807, 2.05) is 19.2 Å². The molecule has 6 heteroatoms. The third kappa shape index (κ3) is 3.39. The quantitative estimate of drug-likeness (QED) is 0.915. The number of hydrogen-bond donors (Lipinski definition) is 1. The van der Waals surface area contributed by atoms with E-state index in [4.69, 9.17) is 0 Å². The summed E-state index contributed by atoms with van der Waals surface area (Å²) in [6, 6.07) is 0. The van der Waals surface area contributed by atoms with Crippen molar-refractivity contribution in [1.82, 2.24) is 20.3 Å². The molecular formula is C14H18N4OS. The van der Waals surface area contributed by atoms with E-state index in [1.54, 1.807) is 11.3 Å². The van der Waals surface area contributed by atoms with Gasteiger partial charge in [0.2, 0.25) is 0 Å². The zero-order valence-electron chi connectivity index (χ0n) is 11.9. The number of amides is 1. The Hall–Kier alpha value is -1.82. The molecule has 0 radical (unpaired) electrons. The molecule has 0 saturated heterocycles. The van der Waals surface area contributed by atoms with Crippen molar-refractivity contribution < 1.29 is 4.79 Å². The van der Waals surface area contributed by atoms with Crippen molar-refractivity contribution in [3.8, 4) is 0 Å². The van der Waals surface area contributed by atoms with Crippen LogP contribution in [0.3, 0.4) is 0 Å². The Morgan fingerprint density at radius 3 is 2.60 bits per heavy atom. The lowest BCUT2D eigenvalue weighted by atomic mass is 10.1. The Labute approximate surface area is 122 Å². The van der Waals surface area contributed by atoms with Gasteiger partial charge in [0.1, 0.15) is 6.33 Å². The van der Waals surface area contributed by atoms with E-state index in [9.17, 15) is 4.79 Å². The minimum absolute atomic E-state index is 0.119. The van der Waals surface area contributed by atoms with Crippen LogP contribution < -0.4 is 5.32 Å². The number of nitrogens with zero attached hydrogens (tertiary/aromatic N) is 3. The number of rotatable bonds is 5. The molecule has 2 heterocycles. The molecule has 1 amide bonds. The molecule has 0 fully saturated rings. The summed E-state index contributed by atoms with van der Waals surface area (Å²) < 4.78 is 0. The van der Waals surface area contributed by atoms with E-state index >= 15 is 0 Å². The van der Waals surface area contributed by atoms with Gasteiger partial charge >= 0.3 is 0 Å². The van der Waals surface area contributed by atoms with Crippen LogP contribution in [0.5, 0.6) is 0 Å². The Balaban J connectivity index is 1.92. The summed E-state index contributed by atoms with van der Waals surface area (Å²) in [7, 11) is 0. The van der Waals surface area contributed by atoms with E-state index in [1.165, 1.54) is 6.33 Å². The first kappa shape index (κ1) is 14.6. The highest BCUT2D eigenvalue weighted by atomic mass is 32.1. The molecule has 0 spiro atoms. The van der Waals surface area contributed by atoms with E-state index < -0.39 is 0 Å². The van der Waals surface area contributed by atoms with E-state index in [0.29, 0.717) is 23.5 Å². The molecule has 1 N–H and O–H groups in total. The van der Waals surface area contributed by atoms with Crippen molar-refractivity contribution in [3.63, 3.8) is 0 Å². The molecule has 0 bridgehead atoms. The molecule has 0 aliphatic heterocycles. The van der Waals surface area contributed by atoms with Crippen molar-refractivity contribution in [1.29, 1.82) is 0 Å². The summed E-state index contributed by atoms with van der Waals surface area (Å²) >= 11 is 1.67. The minimum Gasteiger partial charge on any atom is -0.352 e. The monoisotopic (exact) mass is 290 g/mol. The van der Waals surface area contributed by atoms with Gasteiger partial charge in [-0.15, -0.1) is 11.3 Å². The van der Waals surface area contributed by atoms with Crippen LogP contribution in [0, 0.1) is 13.8 Å². The van der Waals surface area contributed by atoms with Crippen LogP contribution in [0.2, 0.25) is 0 Å². The Morgan fingerprint density at radius 2 is 2.00 bits per heavy atom. The van der Waals surface area contributed by atoms with Crippen LogP contribution in [-0.2, 0) is 12.8 Å². The predicted molar refractivity (Wildman–Crippen MR) is 79.0 cm³/mol. The van der Waals surface area contributed by atoms with Crippen LogP contribution in [0.15, 0.2) is 11.7 Å². The van der Waals surface area contributed by atoms with Gasteiger partial charge in [0, 0.05) is 18.3 Å². The second kappa shape index (κ2) is 6.56. The fourth-order valence-corrected chi connectivity index (χ4v) is 2.72. The van der Waals surface area contributed by atoms with Crippen LogP contribution in [0.1, 0.15) is 39.4 Å². The van der Waals surface area contributed by atoms with Gasteiger partial charge < -0.3 is 5.32 Å². The lowest BCUT2D eigenvalue weighted by Gasteiger charge is -2.08. The zero-order chi connectivity index (χ0) is 14.5. The van der Waals surface area contributed by atoms with E-state index in [2.05, 4.69) is 27.2 Å². The second-order valence-corrected chi connectivity index (χ2v) is 5.45. The highest BCUT2D eigenvalue weighted by Gasteiger charge is 2.13. The summed E-state index contributed by atoms with van der Waals surface area (Å²) in [4.78, 5) is 24.7. The molecule has 2 rings (SSSR count). The summed E-state index contributed by atoms with van der Waals surface area (Å²) in [5.74, 6) is -0.119. The molecule has 0 aliphatic carbocycles. The van der Waals surface area contributed by atoms with Crippen molar-refractivity contribution in [2.24, 2.45) is 0 Å². The average Bonchev–Trinajstić information content (AvgIpc) is 2.86. The molecule has 0 aromatic carbocycles. The maximum absolute atomic E-state index is 12.1. The van der Waals surface area contributed by atoms with E-state index in [0.717, 1.165) is 23.5 Å². The Kier molecular flexibility index (Phi) is 4.79. The van der Waals surface area contributed by atoms with Gasteiger partial charge in [-0.1, -0.05) is 6.92 Å². The molecule has 0 atom stereocenters.